The van der Waals surface area contributed by atoms with Gasteiger partial charge in [0.2, 0.25) is 6.79 Å². The Morgan fingerprint density at radius 2 is 1.77 bits per heavy atom. The zero-order valence-corrected chi connectivity index (χ0v) is 18.4. The van der Waals surface area contributed by atoms with Crippen molar-refractivity contribution in [3.8, 4) is 11.5 Å². The summed E-state index contributed by atoms with van der Waals surface area (Å²) in [6, 6.07) is 6.02. The molecule has 0 amide bonds. The van der Waals surface area contributed by atoms with Crippen LogP contribution in [-0.4, -0.2) is 18.3 Å². The molecule has 0 aromatic heterocycles. The third-order valence-electron chi connectivity index (χ3n) is 4.96. The summed E-state index contributed by atoms with van der Waals surface area (Å²) in [6.45, 7) is 4.53. The SMILES string of the molecule is CC(C)CCC(=N)C(=O)C=CC=CCCCCCCC=Cc1ccc2c(c1)OCO2. The van der Waals surface area contributed by atoms with E-state index in [1.54, 1.807) is 6.08 Å². The van der Waals surface area contributed by atoms with Gasteiger partial charge in [0.05, 0.1) is 5.71 Å². The molecule has 4 heteroatoms. The first-order chi connectivity index (χ1) is 14.6. The van der Waals surface area contributed by atoms with Crippen LogP contribution in [0.25, 0.3) is 6.08 Å². The van der Waals surface area contributed by atoms with Crippen LogP contribution in [0.3, 0.4) is 0 Å². The van der Waals surface area contributed by atoms with E-state index in [0.717, 1.165) is 42.7 Å². The molecule has 0 bridgehead atoms. The lowest BCUT2D eigenvalue weighted by atomic mass is 10.0. The fraction of sp³-hybridized carbons (Fsp3) is 0.462. The number of hydrogen-bond acceptors (Lipinski definition) is 4. The van der Waals surface area contributed by atoms with Crippen LogP contribution in [-0.2, 0) is 4.79 Å². The van der Waals surface area contributed by atoms with Crippen LogP contribution in [0.1, 0.15) is 70.8 Å². The Morgan fingerprint density at radius 1 is 1.03 bits per heavy atom. The number of rotatable bonds is 14. The molecule has 0 unspecified atom stereocenters. The van der Waals surface area contributed by atoms with Gasteiger partial charge in [-0.15, -0.1) is 0 Å². The highest BCUT2D eigenvalue weighted by Gasteiger charge is 2.12. The molecular weight excluding hydrogens is 374 g/mol. The van der Waals surface area contributed by atoms with Gasteiger partial charge in [0.1, 0.15) is 0 Å². The Bertz CT molecular complexity index is 774. The minimum atomic E-state index is -0.172. The fourth-order valence-electron chi connectivity index (χ4n) is 3.09. The summed E-state index contributed by atoms with van der Waals surface area (Å²) in [7, 11) is 0. The first kappa shape index (κ1) is 23.7. The van der Waals surface area contributed by atoms with Gasteiger partial charge in [-0.25, -0.2) is 0 Å². The maximum atomic E-state index is 11.8. The third-order valence-corrected chi connectivity index (χ3v) is 4.96. The largest absolute Gasteiger partial charge is 0.454 e. The summed E-state index contributed by atoms with van der Waals surface area (Å²) >= 11 is 0. The predicted molar refractivity (Wildman–Crippen MR) is 124 cm³/mol. The topological polar surface area (TPSA) is 59.4 Å². The van der Waals surface area contributed by atoms with Gasteiger partial charge in [-0.3, -0.25) is 4.79 Å². The Labute approximate surface area is 181 Å². The zero-order chi connectivity index (χ0) is 21.6. The molecule has 1 N–H and O–H groups in total. The second-order valence-electron chi connectivity index (χ2n) is 8.07. The number of ether oxygens (including phenoxy) is 2. The monoisotopic (exact) mass is 409 g/mol. The first-order valence-corrected chi connectivity index (χ1v) is 11.1. The highest BCUT2D eigenvalue weighted by atomic mass is 16.7. The number of carbonyl (C=O) groups is 1. The smallest absolute Gasteiger partial charge is 0.231 e. The van der Waals surface area contributed by atoms with Crippen molar-refractivity contribution in [1.29, 1.82) is 5.41 Å². The van der Waals surface area contributed by atoms with Crippen LogP contribution in [0.2, 0.25) is 0 Å². The Kier molecular flexibility index (Phi) is 10.7. The number of carbonyl (C=O) groups excluding carboxylic acids is 1. The van der Waals surface area contributed by atoms with Crippen molar-refractivity contribution in [3.05, 3.63) is 54.1 Å². The van der Waals surface area contributed by atoms with Gasteiger partial charge in [0.15, 0.2) is 17.3 Å². The average Bonchev–Trinajstić information content (AvgIpc) is 3.20. The summed E-state index contributed by atoms with van der Waals surface area (Å²) < 4.78 is 10.7. The Balaban J connectivity index is 1.48. The van der Waals surface area contributed by atoms with E-state index in [0.29, 0.717) is 19.1 Å². The lowest BCUT2D eigenvalue weighted by Crippen LogP contribution is -2.10. The summed E-state index contributed by atoms with van der Waals surface area (Å²) in [5.41, 5.74) is 1.35. The molecule has 0 saturated carbocycles. The van der Waals surface area contributed by atoms with Crippen molar-refractivity contribution >= 4 is 17.6 Å². The van der Waals surface area contributed by atoms with Crippen LogP contribution in [0.5, 0.6) is 11.5 Å². The van der Waals surface area contributed by atoms with Gasteiger partial charge in [0, 0.05) is 0 Å². The lowest BCUT2D eigenvalue weighted by Gasteiger charge is -2.02. The van der Waals surface area contributed by atoms with Gasteiger partial charge in [-0.1, -0.05) is 63.1 Å². The molecule has 30 heavy (non-hydrogen) atoms. The number of fused-ring (bicyclic) bond motifs is 1. The fourth-order valence-corrected chi connectivity index (χ4v) is 3.09. The molecule has 1 aromatic carbocycles. The molecule has 0 aliphatic carbocycles. The lowest BCUT2D eigenvalue weighted by molar-refractivity contribution is -0.109. The molecule has 162 valence electrons. The second kappa shape index (κ2) is 13.6. The molecule has 0 spiro atoms. The highest BCUT2D eigenvalue weighted by molar-refractivity contribution is 6.42. The van der Waals surface area contributed by atoms with E-state index in [4.69, 9.17) is 14.9 Å². The molecule has 1 heterocycles. The summed E-state index contributed by atoms with van der Waals surface area (Å²) in [6.07, 6.45) is 20.0. The molecule has 0 atom stereocenters. The van der Waals surface area contributed by atoms with Crippen molar-refractivity contribution in [3.63, 3.8) is 0 Å². The first-order valence-electron chi connectivity index (χ1n) is 11.1. The quantitative estimate of drug-likeness (QED) is 0.157. The van der Waals surface area contributed by atoms with Gasteiger partial charge in [0.25, 0.3) is 0 Å². The Hall–Kier alpha value is -2.62. The van der Waals surface area contributed by atoms with Crippen LogP contribution in [0.15, 0.2) is 48.6 Å². The number of unbranched alkanes of at least 4 members (excludes halogenated alkanes) is 5. The summed E-state index contributed by atoms with van der Waals surface area (Å²) in [4.78, 5) is 11.8. The number of benzene rings is 1. The van der Waals surface area contributed by atoms with Crippen molar-refractivity contribution < 1.29 is 14.3 Å². The van der Waals surface area contributed by atoms with Gasteiger partial charge < -0.3 is 14.9 Å². The van der Waals surface area contributed by atoms with Crippen LogP contribution in [0.4, 0.5) is 0 Å². The number of hydrogen-bond donors (Lipinski definition) is 1. The summed E-state index contributed by atoms with van der Waals surface area (Å²) in [5, 5.41) is 7.77. The summed E-state index contributed by atoms with van der Waals surface area (Å²) in [5.74, 6) is 2.00. The standard InChI is InChI=1S/C26H35NO3/c1-21(2)15-17-23(27)24(28)14-12-10-8-6-4-3-5-7-9-11-13-22-16-18-25-26(19-22)30-20-29-25/h8,10-14,16,18-19,21,27H,3-7,9,15,17,20H2,1-2H3. The number of allylic oxidation sites excluding steroid dienone is 5. The maximum Gasteiger partial charge on any atom is 0.231 e. The molecule has 0 saturated heterocycles. The predicted octanol–water partition coefficient (Wildman–Crippen LogP) is 6.91. The normalized spacial score (nSPS) is 13.3. The molecule has 4 nitrogen and oxygen atoms in total. The number of ketones is 1. The third kappa shape index (κ3) is 9.25. The van der Waals surface area contributed by atoms with Crippen LogP contribution in [0, 0.1) is 11.3 Å². The van der Waals surface area contributed by atoms with Crippen molar-refractivity contribution in [1.82, 2.24) is 0 Å². The molecule has 0 fully saturated rings. The van der Waals surface area contributed by atoms with E-state index in [1.165, 1.54) is 25.3 Å². The van der Waals surface area contributed by atoms with E-state index < -0.39 is 0 Å². The molecular formula is C26H35NO3. The minimum Gasteiger partial charge on any atom is -0.454 e. The van der Waals surface area contributed by atoms with E-state index in [9.17, 15) is 4.79 Å². The second-order valence-corrected chi connectivity index (χ2v) is 8.07. The Morgan fingerprint density at radius 3 is 2.53 bits per heavy atom. The van der Waals surface area contributed by atoms with Crippen LogP contribution >= 0.6 is 0 Å². The van der Waals surface area contributed by atoms with E-state index in [2.05, 4.69) is 32.1 Å². The van der Waals surface area contributed by atoms with E-state index in [-0.39, 0.29) is 11.5 Å². The molecule has 1 aliphatic rings. The molecule has 1 aromatic rings. The molecule has 1 aliphatic heterocycles. The maximum absolute atomic E-state index is 11.8. The molecule has 0 radical (unpaired) electrons. The van der Waals surface area contributed by atoms with Gasteiger partial charge in [-0.2, -0.15) is 0 Å². The van der Waals surface area contributed by atoms with E-state index >= 15 is 0 Å². The highest BCUT2D eigenvalue weighted by Crippen LogP contribution is 2.32. The van der Waals surface area contributed by atoms with Gasteiger partial charge in [-0.05, 0) is 68.2 Å². The van der Waals surface area contributed by atoms with Crippen molar-refractivity contribution in [2.75, 3.05) is 6.79 Å². The minimum absolute atomic E-state index is 0.172. The van der Waals surface area contributed by atoms with Gasteiger partial charge >= 0.3 is 0 Å². The van der Waals surface area contributed by atoms with Crippen molar-refractivity contribution in [2.45, 2.75) is 65.2 Å². The average molecular weight is 410 g/mol. The molecule has 2 rings (SSSR count). The van der Waals surface area contributed by atoms with Crippen molar-refractivity contribution in [2.24, 2.45) is 5.92 Å². The zero-order valence-electron chi connectivity index (χ0n) is 18.4. The number of nitrogens with one attached hydrogen (secondary N) is 1. The van der Waals surface area contributed by atoms with E-state index in [1.807, 2.05) is 24.3 Å². The van der Waals surface area contributed by atoms with Crippen LogP contribution < -0.4 is 9.47 Å².